The van der Waals surface area contributed by atoms with Crippen LogP contribution in [0, 0.1) is 0 Å². The quantitative estimate of drug-likeness (QED) is 0.922. The van der Waals surface area contributed by atoms with Crippen LogP contribution < -0.4 is 0 Å². The van der Waals surface area contributed by atoms with Gasteiger partial charge in [-0.1, -0.05) is 30.3 Å². The van der Waals surface area contributed by atoms with Crippen molar-refractivity contribution in [3.05, 3.63) is 35.9 Å². The smallest absolute Gasteiger partial charge is 0.304 e. The number of aliphatic carboxylic acids is 1. The van der Waals surface area contributed by atoms with Crippen LogP contribution in [0.4, 0.5) is 0 Å². The lowest BCUT2D eigenvalue weighted by atomic mass is 9.81. The van der Waals surface area contributed by atoms with E-state index in [0.29, 0.717) is 6.54 Å². The van der Waals surface area contributed by atoms with Crippen molar-refractivity contribution in [2.24, 2.45) is 0 Å². The zero-order valence-electron chi connectivity index (χ0n) is 13.6. The highest BCUT2D eigenvalue weighted by Gasteiger charge is 2.50. The Labute approximate surface area is 136 Å². The van der Waals surface area contributed by atoms with Crippen molar-refractivity contribution in [2.45, 2.75) is 37.1 Å². The minimum absolute atomic E-state index is 0.0354. The van der Waals surface area contributed by atoms with Gasteiger partial charge in [0.05, 0.1) is 12.3 Å². The molecule has 124 valence electrons. The minimum Gasteiger partial charge on any atom is -0.481 e. The highest BCUT2D eigenvalue weighted by atomic mass is 16.4. The average molecular weight is 316 g/mol. The summed E-state index contributed by atoms with van der Waals surface area (Å²) in [4.78, 5) is 27.6. The summed E-state index contributed by atoms with van der Waals surface area (Å²) in [5, 5.41) is 8.81. The Bertz CT molecular complexity index is 579. The van der Waals surface area contributed by atoms with Gasteiger partial charge in [-0.05, 0) is 24.8 Å². The fourth-order valence-electron chi connectivity index (χ4n) is 4.00. The summed E-state index contributed by atoms with van der Waals surface area (Å²) in [6.45, 7) is 2.34. The van der Waals surface area contributed by atoms with Crippen molar-refractivity contribution in [2.75, 3.05) is 26.7 Å². The first-order valence-corrected chi connectivity index (χ1v) is 8.29. The molecular formula is C18H24N2O3. The van der Waals surface area contributed by atoms with Gasteiger partial charge in [-0.15, -0.1) is 0 Å². The molecule has 0 aliphatic carbocycles. The molecule has 2 aliphatic rings. The van der Waals surface area contributed by atoms with Crippen molar-refractivity contribution in [3.63, 3.8) is 0 Å². The Morgan fingerprint density at radius 3 is 2.52 bits per heavy atom. The molecule has 0 unspecified atom stereocenters. The van der Waals surface area contributed by atoms with Gasteiger partial charge in [-0.25, -0.2) is 0 Å². The standard InChI is InChI=1S/C18H24N2O3/c1-19-17(23)15(14-5-3-2-4-6-14)13-18(19)8-11-20(12-9-18)10-7-16(21)22/h2-6,15H,7-13H2,1H3,(H,21,22)/t15-/m0/s1. The molecule has 1 amide bonds. The zero-order chi connectivity index (χ0) is 16.4. The maximum atomic E-state index is 12.7. The number of benzene rings is 1. The summed E-state index contributed by atoms with van der Waals surface area (Å²) >= 11 is 0. The van der Waals surface area contributed by atoms with Gasteiger partial charge in [-0.3, -0.25) is 9.59 Å². The summed E-state index contributed by atoms with van der Waals surface area (Å²) < 4.78 is 0. The number of hydrogen-bond acceptors (Lipinski definition) is 3. The molecule has 1 atom stereocenters. The number of carboxylic acids is 1. The monoisotopic (exact) mass is 316 g/mol. The van der Waals surface area contributed by atoms with Gasteiger partial charge in [0, 0.05) is 32.2 Å². The molecule has 23 heavy (non-hydrogen) atoms. The lowest BCUT2D eigenvalue weighted by Crippen LogP contribution is -2.51. The SMILES string of the molecule is CN1C(=O)[C@H](c2ccccc2)CC12CCN(CCC(=O)O)CC2. The van der Waals surface area contributed by atoms with E-state index in [1.54, 1.807) is 0 Å². The zero-order valence-corrected chi connectivity index (χ0v) is 13.6. The summed E-state index contributed by atoms with van der Waals surface area (Å²) in [7, 11) is 1.93. The Morgan fingerprint density at radius 1 is 1.26 bits per heavy atom. The van der Waals surface area contributed by atoms with Crippen LogP contribution >= 0.6 is 0 Å². The van der Waals surface area contributed by atoms with E-state index >= 15 is 0 Å². The predicted molar refractivity (Wildman–Crippen MR) is 87.2 cm³/mol. The number of piperidine rings is 1. The first-order valence-electron chi connectivity index (χ1n) is 8.29. The summed E-state index contributed by atoms with van der Waals surface area (Å²) in [5.41, 5.74) is 1.05. The van der Waals surface area contributed by atoms with E-state index < -0.39 is 5.97 Å². The van der Waals surface area contributed by atoms with Crippen LogP contribution in [0.1, 0.15) is 37.2 Å². The minimum atomic E-state index is -0.748. The molecule has 5 nitrogen and oxygen atoms in total. The lowest BCUT2D eigenvalue weighted by molar-refractivity contribution is -0.137. The van der Waals surface area contributed by atoms with Crippen LogP contribution in [0.25, 0.3) is 0 Å². The Morgan fingerprint density at radius 2 is 1.91 bits per heavy atom. The molecule has 2 saturated heterocycles. The van der Waals surface area contributed by atoms with Gasteiger partial charge >= 0.3 is 5.97 Å². The molecule has 0 bridgehead atoms. The number of carbonyl (C=O) groups excluding carboxylic acids is 1. The number of carbonyl (C=O) groups is 2. The third-order valence-electron chi connectivity index (χ3n) is 5.55. The fourth-order valence-corrected chi connectivity index (χ4v) is 4.00. The molecule has 5 heteroatoms. The van der Waals surface area contributed by atoms with Crippen LogP contribution in [-0.4, -0.2) is 59.0 Å². The van der Waals surface area contributed by atoms with Gasteiger partial charge in [0.2, 0.25) is 5.91 Å². The number of amides is 1. The number of nitrogens with zero attached hydrogens (tertiary/aromatic N) is 2. The lowest BCUT2D eigenvalue weighted by Gasteiger charge is -2.43. The van der Waals surface area contributed by atoms with E-state index in [1.807, 2.05) is 42.3 Å². The van der Waals surface area contributed by atoms with E-state index in [4.69, 9.17) is 5.11 Å². The van der Waals surface area contributed by atoms with Gasteiger partial charge in [-0.2, -0.15) is 0 Å². The van der Waals surface area contributed by atoms with Gasteiger partial charge < -0.3 is 14.9 Å². The maximum Gasteiger partial charge on any atom is 0.304 e. The van der Waals surface area contributed by atoms with Crippen LogP contribution in [0.15, 0.2) is 30.3 Å². The van der Waals surface area contributed by atoms with Crippen molar-refractivity contribution in [1.29, 1.82) is 0 Å². The first-order chi connectivity index (χ1) is 11.0. The second kappa shape index (κ2) is 6.32. The van der Waals surface area contributed by atoms with Crippen molar-refractivity contribution in [3.8, 4) is 0 Å². The molecular weight excluding hydrogens is 292 g/mol. The predicted octanol–water partition coefficient (Wildman–Crippen LogP) is 1.94. The van der Waals surface area contributed by atoms with Crippen LogP contribution in [0.5, 0.6) is 0 Å². The molecule has 2 aliphatic heterocycles. The largest absolute Gasteiger partial charge is 0.481 e. The van der Waals surface area contributed by atoms with Crippen LogP contribution in [-0.2, 0) is 9.59 Å². The molecule has 1 N–H and O–H groups in total. The third kappa shape index (κ3) is 3.11. The molecule has 3 rings (SSSR count). The number of likely N-dealkylation sites (N-methyl/N-ethyl adjacent to an activating group) is 1. The molecule has 2 fully saturated rings. The summed E-state index contributed by atoms with van der Waals surface area (Å²) in [6, 6.07) is 10.0. The molecule has 1 aromatic rings. The molecule has 0 radical (unpaired) electrons. The van der Waals surface area contributed by atoms with E-state index in [1.165, 1.54) is 0 Å². The Kier molecular flexibility index (Phi) is 4.39. The van der Waals surface area contributed by atoms with Crippen molar-refractivity contribution < 1.29 is 14.7 Å². The number of rotatable bonds is 4. The van der Waals surface area contributed by atoms with Crippen molar-refractivity contribution >= 4 is 11.9 Å². The normalized spacial score (nSPS) is 24.3. The summed E-state index contributed by atoms with van der Waals surface area (Å²) in [5.74, 6) is -0.565. The number of likely N-dealkylation sites (tertiary alicyclic amines) is 2. The van der Waals surface area contributed by atoms with E-state index in [2.05, 4.69) is 4.90 Å². The second-order valence-corrected chi connectivity index (χ2v) is 6.77. The molecule has 0 aromatic heterocycles. The highest BCUT2D eigenvalue weighted by Crippen LogP contribution is 2.44. The number of hydrogen-bond donors (Lipinski definition) is 1. The van der Waals surface area contributed by atoms with Gasteiger partial charge in [0.25, 0.3) is 0 Å². The topological polar surface area (TPSA) is 60.9 Å². The molecule has 2 heterocycles. The van der Waals surface area contributed by atoms with E-state index in [0.717, 1.165) is 37.9 Å². The third-order valence-corrected chi connectivity index (χ3v) is 5.55. The Hall–Kier alpha value is -1.88. The van der Waals surface area contributed by atoms with Crippen LogP contribution in [0.3, 0.4) is 0 Å². The first kappa shape index (κ1) is 16.0. The maximum absolute atomic E-state index is 12.7. The highest BCUT2D eigenvalue weighted by molar-refractivity contribution is 5.87. The average Bonchev–Trinajstić information content (AvgIpc) is 2.81. The van der Waals surface area contributed by atoms with Crippen LogP contribution in [0.2, 0.25) is 0 Å². The molecule has 1 aromatic carbocycles. The van der Waals surface area contributed by atoms with Crippen molar-refractivity contribution in [1.82, 2.24) is 9.80 Å². The Balaban J connectivity index is 1.67. The van der Waals surface area contributed by atoms with Gasteiger partial charge in [0.1, 0.15) is 0 Å². The molecule has 0 saturated carbocycles. The van der Waals surface area contributed by atoms with E-state index in [9.17, 15) is 9.59 Å². The van der Waals surface area contributed by atoms with Gasteiger partial charge in [0.15, 0.2) is 0 Å². The molecule has 1 spiro atoms. The number of carboxylic acid groups (broad SMARTS) is 1. The fraction of sp³-hybridized carbons (Fsp3) is 0.556. The summed E-state index contributed by atoms with van der Waals surface area (Å²) in [6.07, 6.45) is 2.92. The van der Waals surface area contributed by atoms with E-state index in [-0.39, 0.29) is 23.8 Å². The second-order valence-electron chi connectivity index (χ2n) is 6.77.